The molecule has 0 aliphatic heterocycles. The van der Waals surface area contributed by atoms with Crippen LogP contribution in [0.5, 0.6) is 0 Å². The summed E-state index contributed by atoms with van der Waals surface area (Å²) in [4.78, 5) is 68.6. The Bertz CT molecular complexity index is 2650. The Kier molecular flexibility index (Phi) is 11.3. The molecule has 1 atom stereocenters. The molecule has 0 unspecified atom stereocenters. The average Bonchev–Trinajstić information content (AvgIpc) is 3.84. The molecule has 2 heterocycles. The fourth-order valence-corrected chi connectivity index (χ4v) is 6.95. The van der Waals surface area contributed by atoms with E-state index in [0.717, 1.165) is 54.7 Å². The van der Waals surface area contributed by atoms with Gasteiger partial charge >= 0.3 is 12.2 Å². The number of carbonyl (C=O) groups is 4. The number of ether oxygens (including phenoxy) is 2. The van der Waals surface area contributed by atoms with Crippen LogP contribution in [0.2, 0.25) is 0 Å². The summed E-state index contributed by atoms with van der Waals surface area (Å²) >= 11 is 0. The molecule has 14 nitrogen and oxygen atoms in total. The summed E-state index contributed by atoms with van der Waals surface area (Å²) in [6.07, 6.45) is -0.627. The summed E-state index contributed by atoms with van der Waals surface area (Å²) in [5.41, 5.74) is 5.33. The molecule has 0 aliphatic rings. The number of nitrogens with zero attached hydrogens (tertiary/aromatic N) is 3. The van der Waals surface area contributed by atoms with Gasteiger partial charge in [0.05, 0.1) is 42.3 Å². The van der Waals surface area contributed by atoms with Gasteiger partial charge in [-0.05, 0) is 78.9 Å². The molecule has 14 heteroatoms. The first-order chi connectivity index (χ1) is 27.9. The van der Waals surface area contributed by atoms with Crippen LogP contribution in [-0.2, 0) is 32.2 Å². The lowest BCUT2D eigenvalue weighted by Crippen LogP contribution is -2.44. The van der Waals surface area contributed by atoms with Crippen molar-refractivity contribution in [2.45, 2.75) is 58.8 Å². The van der Waals surface area contributed by atoms with Gasteiger partial charge in [0.15, 0.2) is 0 Å². The quantitative estimate of drug-likeness (QED) is 0.0850. The van der Waals surface area contributed by atoms with E-state index in [4.69, 9.17) is 14.7 Å². The molecular weight excluding hydrogens is 737 g/mol. The maximum absolute atomic E-state index is 14.2. The Labute approximate surface area is 334 Å². The van der Waals surface area contributed by atoms with Crippen LogP contribution in [0, 0.1) is 0 Å². The number of aromatic amines is 2. The smallest absolute Gasteiger partial charge is 0.408 e. The van der Waals surface area contributed by atoms with Crippen LogP contribution in [0.3, 0.4) is 0 Å². The van der Waals surface area contributed by atoms with Crippen molar-refractivity contribution in [1.29, 1.82) is 0 Å². The second kappa shape index (κ2) is 16.6. The van der Waals surface area contributed by atoms with E-state index >= 15 is 0 Å². The van der Waals surface area contributed by atoms with Crippen LogP contribution >= 0.6 is 0 Å². The lowest BCUT2D eigenvalue weighted by atomic mass is 9.98. The summed E-state index contributed by atoms with van der Waals surface area (Å²) in [7, 11) is 1.24. The number of fused-ring (bicyclic) bond motifs is 6. The fourth-order valence-electron chi connectivity index (χ4n) is 6.95. The Morgan fingerprint density at radius 2 is 1.36 bits per heavy atom. The molecule has 58 heavy (non-hydrogen) atoms. The number of amides is 4. The zero-order valence-corrected chi connectivity index (χ0v) is 33.1. The number of hydrogen-bond acceptors (Lipinski definition) is 8. The minimum atomic E-state index is -0.937. The number of carbonyl (C=O) groups excluding carboxylic acids is 4. The Morgan fingerprint density at radius 1 is 0.759 bits per heavy atom. The first kappa shape index (κ1) is 39.3. The maximum atomic E-state index is 14.2. The lowest BCUT2D eigenvalue weighted by Gasteiger charge is -2.28. The topological polar surface area (TPSA) is 183 Å². The monoisotopic (exact) mass is 782 g/mol. The minimum Gasteiger partial charge on any atom is -0.453 e. The lowest BCUT2D eigenvalue weighted by molar-refractivity contribution is -0.134. The highest BCUT2D eigenvalue weighted by Crippen LogP contribution is 2.32. The van der Waals surface area contributed by atoms with E-state index in [-0.39, 0.29) is 31.4 Å². The van der Waals surface area contributed by atoms with Crippen LogP contribution in [0.4, 0.5) is 9.59 Å². The molecule has 0 fully saturated rings. The molecule has 0 spiro atoms. The average molecular weight is 783 g/mol. The summed E-state index contributed by atoms with van der Waals surface area (Å²) < 4.78 is 10.0. The third kappa shape index (κ3) is 8.86. The van der Waals surface area contributed by atoms with E-state index < -0.39 is 23.8 Å². The predicted molar refractivity (Wildman–Crippen MR) is 223 cm³/mol. The molecule has 5 N–H and O–H groups in total. The highest BCUT2D eigenvalue weighted by molar-refractivity contribution is 6.07. The van der Waals surface area contributed by atoms with Crippen LogP contribution in [0.15, 0.2) is 91.0 Å². The highest BCUT2D eigenvalue weighted by Gasteiger charge is 2.30. The standard InChI is InChI=1S/C44H46N8O6/c1-6-20-52(41(54)38(26-10-8-7-9-11-26)51-43(56)58-44(2,3)4)25-36-48-34-19-15-30-22-28(13-17-32(30)40(34)50-36)27-12-16-31-29(21-27)14-18-33-39(31)49-35(47-33)23-45-37(53)24-46-42(55)57-5/h7-19,21-22,38H,6,20,23-25H2,1-5H3,(H,45,53)(H,46,55)(H,47,49)(H,48,50)(H,51,56)/t38-/m1/s1. The van der Waals surface area contributed by atoms with E-state index in [1.807, 2.05) is 55.5 Å². The van der Waals surface area contributed by atoms with Gasteiger partial charge in [0.2, 0.25) is 11.8 Å². The van der Waals surface area contributed by atoms with Crippen LogP contribution in [-0.4, -0.2) is 74.6 Å². The number of benzene rings is 5. The highest BCUT2D eigenvalue weighted by atomic mass is 16.6. The fraction of sp³-hybridized carbons (Fsp3) is 0.273. The Morgan fingerprint density at radius 3 is 1.95 bits per heavy atom. The van der Waals surface area contributed by atoms with E-state index in [1.54, 1.807) is 25.7 Å². The third-order valence-electron chi connectivity index (χ3n) is 9.59. The van der Waals surface area contributed by atoms with Crippen molar-refractivity contribution < 1.29 is 28.7 Å². The SMILES string of the molecule is CCCN(Cc1nc2c(ccc3cc(-c4ccc5c(ccc6[nH]c(CNC(=O)CNC(=O)OC)nc65)c4)ccc32)[nH]1)C(=O)[C@H](NC(=O)OC(C)(C)C)c1ccccc1. The molecule has 5 aromatic carbocycles. The summed E-state index contributed by atoms with van der Waals surface area (Å²) in [5, 5.41) is 11.9. The number of H-pyrrole nitrogens is 2. The van der Waals surface area contributed by atoms with Gasteiger partial charge in [-0.3, -0.25) is 9.59 Å². The van der Waals surface area contributed by atoms with Gasteiger partial charge in [-0.2, -0.15) is 0 Å². The van der Waals surface area contributed by atoms with Gasteiger partial charge in [0.1, 0.15) is 29.8 Å². The van der Waals surface area contributed by atoms with Crippen LogP contribution in [0.25, 0.3) is 54.7 Å². The molecule has 0 saturated heterocycles. The minimum absolute atomic E-state index is 0.176. The van der Waals surface area contributed by atoms with E-state index in [9.17, 15) is 19.2 Å². The number of methoxy groups -OCH3 is 1. The number of imidazole rings is 2. The summed E-state index contributed by atoms with van der Waals surface area (Å²) in [5.74, 6) is 0.612. The van der Waals surface area contributed by atoms with Crippen molar-refractivity contribution in [2.75, 3.05) is 20.2 Å². The van der Waals surface area contributed by atoms with Gasteiger partial charge in [-0.1, -0.05) is 73.7 Å². The molecule has 298 valence electrons. The van der Waals surface area contributed by atoms with Crippen molar-refractivity contribution in [3.8, 4) is 11.1 Å². The van der Waals surface area contributed by atoms with Gasteiger partial charge in [-0.15, -0.1) is 0 Å². The van der Waals surface area contributed by atoms with Gasteiger partial charge in [0.25, 0.3) is 0 Å². The third-order valence-corrected chi connectivity index (χ3v) is 9.59. The van der Waals surface area contributed by atoms with Crippen molar-refractivity contribution >= 4 is 67.6 Å². The predicted octanol–water partition coefficient (Wildman–Crippen LogP) is 7.39. The van der Waals surface area contributed by atoms with Crippen molar-refractivity contribution in [3.05, 3.63) is 108 Å². The largest absolute Gasteiger partial charge is 0.453 e. The van der Waals surface area contributed by atoms with E-state index in [0.29, 0.717) is 30.2 Å². The maximum Gasteiger partial charge on any atom is 0.408 e. The normalized spacial score (nSPS) is 12.1. The molecule has 0 aliphatic carbocycles. The number of alkyl carbamates (subject to hydrolysis) is 2. The molecule has 0 radical (unpaired) electrons. The number of rotatable bonds is 12. The van der Waals surface area contributed by atoms with Crippen molar-refractivity contribution in [3.63, 3.8) is 0 Å². The molecule has 0 saturated carbocycles. The first-order valence-corrected chi connectivity index (χ1v) is 19.1. The number of hydrogen-bond donors (Lipinski definition) is 5. The van der Waals surface area contributed by atoms with Crippen molar-refractivity contribution in [2.24, 2.45) is 0 Å². The van der Waals surface area contributed by atoms with Gasteiger partial charge < -0.3 is 40.3 Å². The molecule has 4 amide bonds. The number of aromatic nitrogens is 4. The van der Waals surface area contributed by atoms with Crippen LogP contribution < -0.4 is 16.0 Å². The van der Waals surface area contributed by atoms with E-state index in [1.165, 1.54) is 7.11 Å². The first-order valence-electron chi connectivity index (χ1n) is 19.1. The second-order valence-electron chi connectivity index (χ2n) is 15.0. The summed E-state index contributed by atoms with van der Waals surface area (Å²) in [6.45, 7) is 8.02. The Balaban J connectivity index is 1.10. The molecule has 7 rings (SSSR count). The zero-order chi connectivity index (χ0) is 41.0. The van der Waals surface area contributed by atoms with Crippen molar-refractivity contribution in [1.82, 2.24) is 40.8 Å². The van der Waals surface area contributed by atoms with E-state index in [2.05, 4.69) is 73.1 Å². The second-order valence-corrected chi connectivity index (χ2v) is 15.0. The molecule has 0 bridgehead atoms. The molecular formula is C44H46N8O6. The molecule has 7 aromatic rings. The van der Waals surface area contributed by atoms with Crippen LogP contribution in [0.1, 0.15) is 57.4 Å². The zero-order valence-electron chi connectivity index (χ0n) is 33.1. The van der Waals surface area contributed by atoms with Gasteiger partial charge in [0, 0.05) is 17.3 Å². The molecule has 2 aromatic heterocycles. The van der Waals surface area contributed by atoms with Gasteiger partial charge in [-0.25, -0.2) is 19.6 Å². The summed E-state index contributed by atoms with van der Waals surface area (Å²) in [6, 6.07) is 28.9. The Hall–Kier alpha value is -6.96. The number of nitrogens with one attached hydrogen (secondary N) is 5.